The molecule has 76 valence electrons. The van der Waals surface area contributed by atoms with E-state index in [1.54, 1.807) is 6.07 Å². The summed E-state index contributed by atoms with van der Waals surface area (Å²) in [5.74, 6) is -0.0156. The first-order valence-corrected chi connectivity index (χ1v) is 4.75. The van der Waals surface area contributed by atoms with E-state index in [0.29, 0.717) is 5.69 Å². The Balaban J connectivity index is 0.000000791. The summed E-state index contributed by atoms with van der Waals surface area (Å²) in [7, 11) is 0. The molecule has 0 spiro atoms. The third-order valence-electron chi connectivity index (χ3n) is 1.55. The van der Waals surface area contributed by atoms with Gasteiger partial charge in [-0.05, 0) is 24.6 Å². The molecule has 1 aromatic heterocycles. The Morgan fingerprint density at radius 1 is 1.21 bits per heavy atom. The summed E-state index contributed by atoms with van der Waals surface area (Å²) in [6.07, 6.45) is 0. The number of Topliss-reactive ketones (excluding diaryl/α,β-unsaturated/α-hetero) is 1. The summed E-state index contributed by atoms with van der Waals surface area (Å²) in [5.41, 5.74) is 2.15. The molecular weight excluding hydrogens is 174 g/mol. The molecule has 1 rings (SSSR count). The van der Waals surface area contributed by atoms with Gasteiger partial charge in [0.05, 0.1) is 5.69 Å². The van der Waals surface area contributed by atoms with E-state index in [1.165, 1.54) is 6.92 Å². The Kier molecular flexibility index (Phi) is 5.46. The van der Waals surface area contributed by atoms with Crippen LogP contribution in [0.4, 0.5) is 0 Å². The van der Waals surface area contributed by atoms with Gasteiger partial charge >= 0.3 is 0 Å². The van der Waals surface area contributed by atoms with Gasteiger partial charge in [-0.1, -0.05) is 26.5 Å². The molecule has 2 nitrogen and oxygen atoms in total. The van der Waals surface area contributed by atoms with Crippen LogP contribution in [0.15, 0.2) is 24.8 Å². The number of hydrogen-bond donors (Lipinski definition) is 0. The number of aromatic nitrogens is 1. The van der Waals surface area contributed by atoms with Crippen molar-refractivity contribution in [2.45, 2.75) is 27.7 Å². The highest BCUT2D eigenvalue weighted by Crippen LogP contribution is 2.08. The molecule has 2 heteroatoms. The molecule has 1 aromatic rings. The highest BCUT2D eigenvalue weighted by atomic mass is 16.1. The summed E-state index contributed by atoms with van der Waals surface area (Å²) in [4.78, 5) is 15.1. The van der Waals surface area contributed by atoms with Gasteiger partial charge in [0.15, 0.2) is 5.78 Å². The fourth-order valence-corrected chi connectivity index (χ4v) is 0.868. The first-order chi connectivity index (χ1) is 6.61. The fraction of sp³-hybridized carbons (Fsp3) is 0.333. The molecule has 0 aliphatic rings. The van der Waals surface area contributed by atoms with Crippen molar-refractivity contribution < 1.29 is 4.79 Å². The van der Waals surface area contributed by atoms with Gasteiger partial charge < -0.3 is 0 Å². The second-order valence-electron chi connectivity index (χ2n) is 2.74. The van der Waals surface area contributed by atoms with Gasteiger partial charge in [-0.2, -0.15) is 0 Å². The third kappa shape index (κ3) is 3.52. The van der Waals surface area contributed by atoms with Crippen LogP contribution in [0, 0.1) is 0 Å². The van der Waals surface area contributed by atoms with Crippen molar-refractivity contribution >= 4 is 11.4 Å². The van der Waals surface area contributed by atoms with E-state index in [4.69, 9.17) is 0 Å². The van der Waals surface area contributed by atoms with Crippen LogP contribution in [0.3, 0.4) is 0 Å². The molecule has 0 fully saturated rings. The zero-order valence-electron chi connectivity index (χ0n) is 9.29. The summed E-state index contributed by atoms with van der Waals surface area (Å²) in [5, 5.41) is 0. The van der Waals surface area contributed by atoms with Crippen molar-refractivity contribution in [1.29, 1.82) is 0 Å². The topological polar surface area (TPSA) is 30.0 Å². The lowest BCUT2D eigenvalue weighted by atomic mass is 10.2. The van der Waals surface area contributed by atoms with E-state index in [-0.39, 0.29) is 5.78 Å². The van der Waals surface area contributed by atoms with E-state index in [9.17, 15) is 4.79 Å². The maximum absolute atomic E-state index is 10.9. The lowest BCUT2D eigenvalue weighted by Gasteiger charge is -1.99. The van der Waals surface area contributed by atoms with E-state index in [1.807, 2.05) is 32.9 Å². The zero-order chi connectivity index (χ0) is 11.1. The predicted molar refractivity (Wildman–Crippen MR) is 60.3 cm³/mol. The van der Waals surface area contributed by atoms with Gasteiger partial charge in [0.1, 0.15) is 5.69 Å². The maximum atomic E-state index is 10.9. The van der Waals surface area contributed by atoms with Gasteiger partial charge in [-0.25, -0.2) is 4.98 Å². The SMILES string of the molecule is C=C(C)c1cccc(C(C)=O)n1.CC. The molecule has 0 radical (unpaired) electrons. The Morgan fingerprint density at radius 3 is 2.14 bits per heavy atom. The molecule has 0 aliphatic heterocycles. The number of pyridine rings is 1. The van der Waals surface area contributed by atoms with Crippen molar-refractivity contribution in [2.24, 2.45) is 0 Å². The molecule has 0 atom stereocenters. The van der Waals surface area contributed by atoms with E-state index >= 15 is 0 Å². The molecule has 0 bridgehead atoms. The Hall–Kier alpha value is -1.44. The highest BCUT2D eigenvalue weighted by Gasteiger charge is 2.01. The average molecular weight is 191 g/mol. The molecular formula is C12H17NO. The van der Waals surface area contributed by atoms with Crippen molar-refractivity contribution in [3.05, 3.63) is 36.2 Å². The monoisotopic (exact) mass is 191 g/mol. The molecule has 1 heterocycles. The van der Waals surface area contributed by atoms with Crippen molar-refractivity contribution in [3.8, 4) is 0 Å². The average Bonchev–Trinajstić information content (AvgIpc) is 2.21. The predicted octanol–water partition coefficient (Wildman–Crippen LogP) is 3.34. The van der Waals surface area contributed by atoms with Gasteiger partial charge in [0.25, 0.3) is 0 Å². The second kappa shape index (κ2) is 6.08. The summed E-state index contributed by atoms with van der Waals surface area (Å²) in [6.45, 7) is 11.1. The molecule has 0 saturated heterocycles. The molecule has 0 saturated carbocycles. The lowest BCUT2D eigenvalue weighted by molar-refractivity contribution is 0.101. The second-order valence-corrected chi connectivity index (χ2v) is 2.74. The number of rotatable bonds is 2. The van der Waals surface area contributed by atoms with E-state index in [0.717, 1.165) is 11.3 Å². The quantitative estimate of drug-likeness (QED) is 0.671. The van der Waals surface area contributed by atoms with Crippen LogP contribution < -0.4 is 0 Å². The van der Waals surface area contributed by atoms with Crippen molar-refractivity contribution in [2.75, 3.05) is 0 Å². The number of nitrogens with zero attached hydrogens (tertiary/aromatic N) is 1. The van der Waals surface area contributed by atoms with Crippen molar-refractivity contribution in [1.82, 2.24) is 4.98 Å². The number of ketones is 1. The van der Waals surface area contributed by atoms with Crippen LogP contribution in [-0.2, 0) is 0 Å². The molecule has 0 amide bonds. The Morgan fingerprint density at radius 2 is 1.71 bits per heavy atom. The van der Waals surface area contributed by atoms with Crippen LogP contribution in [-0.4, -0.2) is 10.8 Å². The van der Waals surface area contributed by atoms with Crippen molar-refractivity contribution in [3.63, 3.8) is 0 Å². The first kappa shape index (κ1) is 12.6. The van der Waals surface area contributed by atoms with Crippen LogP contribution in [0.5, 0.6) is 0 Å². The molecule has 0 aliphatic carbocycles. The van der Waals surface area contributed by atoms with Crippen LogP contribution in [0.2, 0.25) is 0 Å². The minimum absolute atomic E-state index is 0.0156. The Labute approximate surface area is 85.7 Å². The molecule has 0 N–H and O–H groups in total. The minimum atomic E-state index is -0.0156. The summed E-state index contributed by atoms with van der Waals surface area (Å²) in [6, 6.07) is 5.36. The number of carbonyl (C=O) groups is 1. The minimum Gasteiger partial charge on any atom is -0.293 e. The van der Waals surface area contributed by atoms with Gasteiger partial charge in [0, 0.05) is 6.92 Å². The van der Waals surface area contributed by atoms with Crippen LogP contribution in [0.1, 0.15) is 43.9 Å². The lowest BCUT2D eigenvalue weighted by Crippen LogP contribution is -1.98. The number of carbonyl (C=O) groups excluding carboxylic acids is 1. The third-order valence-corrected chi connectivity index (χ3v) is 1.55. The smallest absolute Gasteiger partial charge is 0.178 e. The van der Waals surface area contributed by atoms with Crippen LogP contribution in [0.25, 0.3) is 5.57 Å². The highest BCUT2D eigenvalue weighted by molar-refractivity contribution is 5.92. The summed E-state index contributed by atoms with van der Waals surface area (Å²) >= 11 is 0. The van der Waals surface area contributed by atoms with Crippen LogP contribution >= 0.6 is 0 Å². The zero-order valence-corrected chi connectivity index (χ0v) is 9.29. The van der Waals surface area contributed by atoms with Gasteiger partial charge in [-0.15, -0.1) is 0 Å². The fourth-order valence-electron chi connectivity index (χ4n) is 0.868. The van der Waals surface area contributed by atoms with E-state index in [2.05, 4.69) is 11.6 Å². The maximum Gasteiger partial charge on any atom is 0.178 e. The Bertz CT molecular complexity index is 300. The van der Waals surface area contributed by atoms with Gasteiger partial charge in [-0.3, -0.25) is 4.79 Å². The normalized spacial score (nSPS) is 8.57. The van der Waals surface area contributed by atoms with Gasteiger partial charge in [0.2, 0.25) is 0 Å². The first-order valence-electron chi connectivity index (χ1n) is 4.75. The molecule has 14 heavy (non-hydrogen) atoms. The largest absolute Gasteiger partial charge is 0.293 e. The molecule has 0 aromatic carbocycles. The number of hydrogen-bond acceptors (Lipinski definition) is 2. The number of allylic oxidation sites excluding steroid dienone is 1. The molecule has 0 unspecified atom stereocenters. The van der Waals surface area contributed by atoms with E-state index < -0.39 is 0 Å². The summed E-state index contributed by atoms with van der Waals surface area (Å²) < 4.78 is 0. The standard InChI is InChI=1S/C10H11NO.C2H6/c1-7(2)9-5-4-6-10(11-9)8(3)12;1-2/h4-6H,1H2,2-3H3;1-2H3.